The summed E-state index contributed by atoms with van der Waals surface area (Å²) in [4.78, 5) is 30.1. The Morgan fingerprint density at radius 2 is 1.94 bits per heavy atom. The van der Waals surface area contributed by atoms with Crippen LogP contribution in [-0.2, 0) is 25.8 Å². The van der Waals surface area contributed by atoms with Crippen molar-refractivity contribution < 1.29 is 22.7 Å². The van der Waals surface area contributed by atoms with Crippen molar-refractivity contribution in [1.29, 1.82) is 0 Å². The van der Waals surface area contributed by atoms with Crippen LogP contribution in [0.5, 0.6) is 0 Å². The number of rotatable bonds is 5. The fraction of sp³-hybridized carbons (Fsp3) is 0.333. The van der Waals surface area contributed by atoms with Crippen LogP contribution in [0.2, 0.25) is 0 Å². The number of sulfone groups is 1. The van der Waals surface area contributed by atoms with Gasteiger partial charge in [0.1, 0.15) is 0 Å². The Bertz CT molecular complexity index is 1260. The molecule has 32 heavy (non-hydrogen) atoms. The summed E-state index contributed by atoms with van der Waals surface area (Å²) in [5.74, 6) is -0.0440. The third-order valence-electron chi connectivity index (χ3n) is 5.86. The molecule has 1 amide bonds. The number of aromatic nitrogens is 1. The van der Waals surface area contributed by atoms with Crippen LogP contribution in [0.15, 0.2) is 58.5 Å². The zero-order valence-electron chi connectivity index (χ0n) is 18.1. The number of nitrogens with one attached hydrogen (secondary N) is 1. The summed E-state index contributed by atoms with van der Waals surface area (Å²) < 4.78 is 32.1. The van der Waals surface area contributed by atoms with Gasteiger partial charge in [-0.05, 0) is 50.1 Å². The van der Waals surface area contributed by atoms with E-state index in [1.54, 1.807) is 55.6 Å². The Morgan fingerprint density at radius 1 is 1.19 bits per heavy atom. The number of carbonyl (C=O) groups is 2. The second kappa shape index (κ2) is 8.78. The van der Waals surface area contributed by atoms with Gasteiger partial charge in [0.2, 0.25) is 9.84 Å². The molecular formula is C24H26N2O5S. The Balaban J connectivity index is 1.77. The van der Waals surface area contributed by atoms with E-state index in [1.807, 2.05) is 6.92 Å². The van der Waals surface area contributed by atoms with E-state index in [4.69, 9.17) is 4.74 Å². The molecule has 8 heteroatoms. The summed E-state index contributed by atoms with van der Waals surface area (Å²) >= 11 is 0. The number of nitrogens with zero attached hydrogens (tertiary/aromatic N) is 1. The van der Waals surface area contributed by atoms with E-state index >= 15 is 0 Å². The van der Waals surface area contributed by atoms with Crippen molar-refractivity contribution in [3.63, 3.8) is 0 Å². The molecule has 3 aromatic rings. The normalized spacial score (nSPS) is 17.0. The van der Waals surface area contributed by atoms with Gasteiger partial charge in [0.15, 0.2) is 5.78 Å². The molecule has 0 bridgehead atoms. The first-order valence-corrected chi connectivity index (χ1v) is 12.2. The van der Waals surface area contributed by atoms with E-state index in [1.165, 1.54) is 4.90 Å². The first-order chi connectivity index (χ1) is 15.3. The number of ketones is 1. The van der Waals surface area contributed by atoms with Crippen LogP contribution < -0.4 is 0 Å². The second-order valence-electron chi connectivity index (χ2n) is 7.99. The molecule has 0 saturated carbocycles. The Kier molecular flexibility index (Phi) is 6.06. The van der Waals surface area contributed by atoms with Crippen molar-refractivity contribution in [3.05, 3.63) is 59.8 Å². The van der Waals surface area contributed by atoms with Crippen LogP contribution in [0.25, 0.3) is 10.9 Å². The molecule has 0 radical (unpaired) electrons. The predicted octanol–water partition coefficient (Wildman–Crippen LogP) is 4.04. The minimum atomic E-state index is -3.78. The number of hydrogen-bond donors (Lipinski definition) is 1. The number of carbonyl (C=O) groups excluding carboxylic acids is 2. The minimum absolute atomic E-state index is 0.0440. The van der Waals surface area contributed by atoms with Crippen LogP contribution in [-0.4, -0.2) is 49.4 Å². The maximum atomic E-state index is 13.5. The van der Waals surface area contributed by atoms with Crippen molar-refractivity contribution in [2.24, 2.45) is 0 Å². The highest BCUT2D eigenvalue weighted by molar-refractivity contribution is 7.91. The van der Waals surface area contributed by atoms with E-state index < -0.39 is 22.0 Å². The fourth-order valence-electron chi connectivity index (χ4n) is 4.23. The van der Waals surface area contributed by atoms with E-state index in [0.717, 1.165) is 5.56 Å². The largest absolute Gasteiger partial charge is 0.450 e. The van der Waals surface area contributed by atoms with Crippen LogP contribution in [0, 0.1) is 6.92 Å². The predicted molar refractivity (Wildman–Crippen MR) is 120 cm³/mol. The van der Waals surface area contributed by atoms with Gasteiger partial charge in [0.25, 0.3) is 0 Å². The summed E-state index contributed by atoms with van der Waals surface area (Å²) in [5, 5.41) is 0.551. The Morgan fingerprint density at radius 3 is 2.66 bits per heavy atom. The smallest absolute Gasteiger partial charge is 0.410 e. The number of Topliss-reactive ketones (excluding diaryl/α,β-unsaturated/α-hetero) is 1. The standard InChI is InChI=1S/C24H26N2O5S/c1-3-31-24(28)26-13-5-7-21(27)20(26)14-17-15-25-19-6-4-8-22(23(17)19)32(29,30)18-11-9-16(2)10-12-18/h4,6,8-12,15,20,25H,3,5,7,13-14H2,1-2H3. The highest BCUT2D eigenvalue weighted by atomic mass is 32.2. The molecule has 1 saturated heterocycles. The Hall–Kier alpha value is -3.13. The third kappa shape index (κ3) is 4.02. The molecule has 1 N–H and O–H groups in total. The van der Waals surface area contributed by atoms with Gasteiger partial charge in [0, 0.05) is 36.5 Å². The summed E-state index contributed by atoms with van der Waals surface area (Å²) in [6.07, 6.45) is 2.41. The maximum Gasteiger partial charge on any atom is 0.410 e. The van der Waals surface area contributed by atoms with E-state index in [2.05, 4.69) is 4.98 Å². The lowest BCUT2D eigenvalue weighted by Crippen LogP contribution is -2.50. The van der Waals surface area contributed by atoms with Gasteiger partial charge in [0.05, 0.1) is 22.4 Å². The van der Waals surface area contributed by atoms with Gasteiger partial charge >= 0.3 is 6.09 Å². The molecule has 0 spiro atoms. The average molecular weight is 455 g/mol. The summed E-state index contributed by atoms with van der Waals surface area (Å²) in [6.45, 7) is 4.28. The van der Waals surface area contributed by atoms with Gasteiger partial charge in [-0.1, -0.05) is 23.8 Å². The number of piperidine rings is 1. The van der Waals surface area contributed by atoms with E-state index in [0.29, 0.717) is 35.9 Å². The molecule has 1 aliphatic heterocycles. The topological polar surface area (TPSA) is 96.5 Å². The Labute approximate surface area is 187 Å². The number of benzene rings is 2. The molecule has 2 heterocycles. The molecule has 1 aliphatic rings. The monoisotopic (exact) mass is 454 g/mol. The van der Waals surface area contributed by atoms with Crippen molar-refractivity contribution in [2.45, 2.75) is 48.9 Å². The number of H-pyrrole nitrogens is 1. The highest BCUT2D eigenvalue weighted by Gasteiger charge is 2.35. The van der Waals surface area contributed by atoms with E-state index in [9.17, 15) is 18.0 Å². The van der Waals surface area contributed by atoms with Crippen LogP contribution in [0.3, 0.4) is 0 Å². The second-order valence-corrected chi connectivity index (χ2v) is 9.91. The summed E-state index contributed by atoms with van der Waals surface area (Å²) in [5.41, 5.74) is 2.32. The van der Waals surface area contributed by atoms with Gasteiger partial charge in [-0.25, -0.2) is 13.2 Å². The number of aryl methyl sites for hydroxylation is 1. The van der Waals surface area contributed by atoms with Crippen molar-refractivity contribution >= 4 is 32.6 Å². The first-order valence-electron chi connectivity index (χ1n) is 10.7. The fourth-order valence-corrected chi connectivity index (χ4v) is 5.74. The third-order valence-corrected chi connectivity index (χ3v) is 7.67. The molecular weight excluding hydrogens is 428 g/mol. The molecule has 1 fully saturated rings. The number of hydrogen-bond acceptors (Lipinski definition) is 5. The molecule has 1 aromatic heterocycles. The average Bonchev–Trinajstić information content (AvgIpc) is 3.18. The lowest BCUT2D eigenvalue weighted by atomic mass is 9.94. The van der Waals surface area contributed by atoms with Crippen LogP contribution in [0.4, 0.5) is 4.79 Å². The SMILES string of the molecule is CCOC(=O)N1CCCC(=O)C1Cc1c[nH]c2cccc(S(=O)(=O)c3ccc(C)cc3)c12. The molecule has 1 unspecified atom stereocenters. The zero-order valence-corrected chi connectivity index (χ0v) is 18.9. The number of likely N-dealkylation sites (tertiary alicyclic amines) is 1. The van der Waals surface area contributed by atoms with Crippen molar-refractivity contribution in [1.82, 2.24) is 9.88 Å². The quantitative estimate of drug-likeness (QED) is 0.628. The molecule has 7 nitrogen and oxygen atoms in total. The molecule has 168 valence electrons. The molecule has 4 rings (SSSR count). The molecule has 0 aliphatic carbocycles. The lowest BCUT2D eigenvalue weighted by molar-refractivity contribution is -0.126. The summed E-state index contributed by atoms with van der Waals surface area (Å²) in [7, 11) is -3.78. The number of fused-ring (bicyclic) bond motifs is 1. The first kappa shape index (κ1) is 22.1. The number of aromatic amines is 1. The minimum Gasteiger partial charge on any atom is -0.450 e. The van der Waals surface area contributed by atoms with E-state index in [-0.39, 0.29) is 28.6 Å². The van der Waals surface area contributed by atoms with Gasteiger partial charge in [-0.15, -0.1) is 0 Å². The molecule has 1 atom stereocenters. The summed E-state index contributed by atoms with van der Waals surface area (Å²) in [6, 6.07) is 11.1. The van der Waals surface area contributed by atoms with Crippen molar-refractivity contribution in [3.8, 4) is 0 Å². The lowest BCUT2D eigenvalue weighted by Gasteiger charge is -2.33. The van der Waals surface area contributed by atoms with Crippen LogP contribution >= 0.6 is 0 Å². The van der Waals surface area contributed by atoms with Crippen LogP contribution in [0.1, 0.15) is 30.9 Å². The zero-order chi connectivity index (χ0) is 22.9. The number of ether oxygens (including phenoxy) is 1. The highest BCUT2D eigenvalue weighted by Crippen LogP contribution is 2.32. The van der Waals surface area contributed by atoms with Gasteiger partial charge < -0.3 is 9.72 Å². The maximum absolute atomic E-state index is 13.5. The number of amides is 1. The molecule has 2 aromatic carbocycles. The van der Waals surface area contributed by atoms with Gasteiger partial charge in [-0.3, -0.25) is 9.69 Å². The van der Waals surface area contributed by atoms with Crippen molar-refractivity contribution in [2.75, 3.05) is 13.2 Å². The van der Waals surface area contributed by atoms with Gasteiger partial charge in [-0.2, -0.15) is 0 Å².